The number of rotatable bonds is 3. The summed E-state index contributed by atoms with van der Waals surface area (Å²) < 4.78 is 28.2. The van der Waals surface area contributed by atoms with Crippen LogP contribution in [0.15, 0.2) is 36.5 Å². The number of allylic oxidation sites excluding steroid dienone is 1. The number of aromatic amines is 1. The van der Waals surface area contributed by atoms with Crippen LogP contribution in [0.1, 0.15) is 30.5 Å². The Morgan fingerprint density at radius 3 is 2.78 bits per heavy atom. The molecule has 0 spiro atoms. The van der Waals surface area contributed by atoms with Crippen LogP contribution in [0.2, 0.25) is 0 Å². The second-order valence-corrected chi connectivity index (χ2v) is 5.84. The number of H-pyrrole nitrogens is 1. The summed E-state index contributed by atoms with van der Waals surface area (Å²) >= 11 is 0. The molecule has 0 unspecified atom stereocenters. The molecule has 1 aliphatic carbocycles. The molecular formula is C18H15F2N3. The van der Waals surface area contributed by atoms with Crippen molar-refractivity contribution in [2.75, 3.05) is 0 Å². The third-order valence-electron chi connectivity index (χ3n) is 4.46. The van der Waals surface area contributed by atoms with Gasteiger partial charge in [-0.1, -0.05) is 18.6 Å². The molecule has 1 aromatic carbocycles. The molecule has 1 N–H and O–H groups in total. The maximum Gasteiger partial charge on any atom is 0.217 e. The van der Waals surface area contributed by atoms with Gasteiger partial charge in [-0.3, -0.25) is 10.1 Å². The standard InChI is InChI=1S/C18H15F2N3/c19-14-7-3-9-21-17(14)13(11-4-1-5-11)10-12-6-2-8-15-16(12)18(20)23-22-15/h2-3,6-11H,1,4-5H2,(H,22,23)/b13-10+. The largest absolute Gasteiger partial charge is 0.254 e. The first-order valence-electron chi connectivity index (χ1n) is 7.69. The summed E-state index contributed by atoms with van der Waals surface area (Å²) in [6.07, 6.45) is 6.58. The molecule has 116 valence electrons. The van der Waals surface area contributed by atoms with Crippen molar-refractivity contribution in [1.82, 2.24) is 15.2 Å². The van der Waals surface area contributed by atoms with Crippen LogP contribution >= 0.6 is 0 Å². The van der Waals surface area contributed by atoms with Gasteiger partial charge in [-0.2, -0.15) is 9.49 Å². The molecule has 0 bridgehead atoms. The van der Waals surface area contributed by atoms with Crippen LogP contribution in [-0.2, 0) is 0 Å². The number of aromatic nitrogens is 3. The lowest BCUT2D eigenvalue weighted by atomic mass is 9.77. The summed E-state index contributed by atoms with van der Waals surface area (Å²) in [5.41, 5.74) is 2.45. The highest BCUT2D eigenvalue weighted by molar-refractivity contribution is 5.94. The van der Waals surface area contributed by atoms with Crippen molar-refractivity contribution in [2.24, 2.45) is 5.92 Å². The molecule has 1 fully saturated rings. The predicted molar refractivity (Wildman–Crippen MR) is 85.5 cm³/mol. The Labute approximate surface area is 132 Å². The number of hydrogen-bond acceptors (Lipinski definition) is 2. The Kier molecular flexibility index (Phi) is 3.41. The summed E-state index contributed by atoms with van der Waals surface area (Å²) in [6, 6.07) is 8.38. The fourth-order valence-electron chi connectivity index (χ4n) is 3.04. The number of hydrogen-bond donors (Lipinski definition) is 1. The second-order valence-electron chi connectivity index (χ2n) is 5.84. The van der Waals surface area contributed by atoms with Crippen LogP contribution in [0.4, 0.5) is 8.78 Å². The number of halogens is 2. The lowest BCUT2D eigenvalue weighted by molar-refractivity contribution is 0.399. The fraction of sp³-hybridized carbons (Fsp3) is 0.222. The van der Waals surface area contributed by atoms with E-state index in [0.717, 1.165) is 24.8 Å². The van der Waals surface area contributed by atoms with E-state index in [1.54, 1.807) is 18.3 Å². The first kappa shape index (κ1) is 14.1. The molecule has 2 aromatic heterocycles. The predicted octanol–water partition coefficient (Wildman–Crippen LogP) is 4.58. The van der Waals surface area contributed by atoms with E-state index in [0.29, 0.717) is 22.2 Å². The molecule has 0 aliphatic heterocycles. The maximum absolute atomic E-state index is 14.2. The number of nitrogens with one attached hydrogen (secondary N) is 1. The lowest BCUT2D eigenvalue weighted by Gasteiger charge is -2.28. The smallest absolute Gasteiger partial charge is 0.217 e. The summed E-state index contributed by atoms with van der Waals surface area (Å²) in [7, 11) is 0. The Morgan fingerprint density at radius 2 is 2.04 bits per heavy atom. The van der Waals surface area contributed by atoms with Gasteiger partial charge in [0.1, 0.15) is 11.5 Å². The van der Waals surface area contributed by atoms with E-state index in [2.05, 4.69) is 15.2 Å². The van der Waals surface area contributed by atoms with E-state index in [9.17, 15) is 8.78 Å². The first-order chi connectivity index (χ1) is 11.2. The minimum absolute atomic E-state index is 0.268. The fourth-order valence-corrected chi connectivity index (χ4v) is 3.04. The second kappa shape index (κ2) is 5.57. The van der Waals surface area contributed by atoms with Crippen molar-refractivity contribution < 1.29 is 8.78 Å². The lowest BCUT2D eigenvalue weighted by Crippen LogP contribution is -2.14. The Bertz CT molecular complexity index is 894. The van der Waals surface area contributed by atoms with Crippen LogP contribution in [-0.4, -0.2) is 15.2 Å². The molecule has 0 amide bonds. The van der Waals surface area contributed by atoms with Crippen LogP contribution in [0.3, 0.4) is 0 Å². The van der Waals surface area contributed by atoms with Crippen molar-refractivity contribution >= 4 is 22.6 Å². The molecule has 1 aliphatic rings. The van der Waals surface area contributed by atoms with Crippen LogP contribution in [0.25, 0.3) is 22.6 Å². The molecule has 5 heteroatoms. The Hall–Kier alpha value is -2.56. The number of benzene rings is 1. The molecule has 1 saturated carbocycles. The minimum Gasteiger partial charge on any atom is -0.254 e. The van der Waals surface area contributed by atoms with E-state index in [4.69, 9.17) is 0 Å². The van der Waals surface area contributed by atoms with Crippen LogP contribution in [0, 0.1) is 17.7 Å². The molecule has 0 radical (unpaired) electrons. The normalized spacial score (nSPS) is 15.8. The zero-order chi connectivity index (χ0) is 15.8. The van der Waals surface area contributed by atoms with Crippen LogP contribution in [0.5, 0.6) is 0 Å². The van der Waals surface area contributed by atoms with Gasteiger partial charge >= 0.3 is 0 Å². The van der Waals surface area contributed by atoms with Crippen molar-refractivity contribution in [3.8, 4) is 0 Å². The molecule has 0 saturated heterocycles. The summed E-state index contributed by atoms with van der Waals surface area (Å²) in [5, 5.41) is 6.73. The summed E-state index contributed by atoms with van der Waals surface area (Å²) in [5.74, 6) is -0.545. The monoisotopic (exact) mass is 311 g/mol. The topological polar surface area (TPSA) is 41.6 Å². The summed E-state index contributed by atoms with van der Waals surface area (Å²) in [4.78, 5) is 4.21. The average Bonchev–Trinajstić information content (AvgIpc) is 2.88. The molecule has 0 atom stereocenters. The molecule has 4 rings (SSSR count). The van der Waals surface area contributed by atoms with Gasteiger partial charge in [0.05, 0.1) is 10.9 Å². The maximum atomic E-state index is 14.2. The number of nitrogens with zero attached hydrogens (tertiary/aromatic N) is 2. The molecule has 23 heavy (non-hydrogen) atoms. The highest BCUT2D eigenvalue weighted by atomic mass is 19.1. The van der Waals surface area contributed by atoms with Gasteiger partial charge in [0.2, 0.25) is 5.95 Å². The van der Waals surface area contributed by atoms with Gasteiger partial charge in [0.25, 0.3) is 0 Å². The van der Waals surface area contributed by atoms with Gasteiger partial charge in [0.15, 0.2) is 0 Å². The van der Waals surface area contributed by atoms with E-state index < -0.39 is 5.95 Å². The Balaban J connectivity index is 1.90. The number of fused-ring (bicyclic) bond motifs is 1. The van der Waals surface area contributed by atoms with Gasteiger partial charge in [0, 0.05) is 6.20 Å². The molecular weight excluding hydrogens is 296 g/mol. The Morgan fingerprint density at radius 1 is 1.17 bits per heavy atom. The SMILES string of the molecule is Fc1cccnc1/C(=C/c1cccc2n[nH]c(F)c12)C1CCC1. The van der Waals surface area contributed by atoms with E-state index in [1.807, 2.05) is 18.2 Å². The first-order valence-corrected chi connectivity index (χ1v) is 7.69. The molecule has 2 heterocycles. The van der Waals surface area contributed by atoms with Crippen molar-refractivity contribution in [1.29, 1.82) is 0 Å². The minimum atomic E-state index is -0.471. The third-order valence-corrected chi connectivity index (χ3v) is 4.46. The third kappa shape index (κ3) is 2.42. The van der Waals surface area contributed by atoms with Gasteiger partial charge in [-0.05, 0) is 54.2 Å². The average molecular weight is 311 g/mol. The van der Waals surface area contributed by atoms with E-state index in [1.165, 1.54) is 6.07 Å². The quantitative estimate of drug-likeness (QED) is 0.769. The van der Waals surface area contributed by atoms with E-state index in [-0.39, 0.29) is 11.7 Å². The molecule has 3 aromatic rings. The van der Waals surface area contributed by atoms with Gasteiger partial charge < -0.3 is 0 Å². The van der Waals surface area contributed by atoms with Gasteiger partial charge in [-0.15, -0.1) is 0 Å². The highest BCUT2D eigenvalue weighted by Crippen LogP contribution is 2.40. The zero-order valence-electron chi connectivity index (χ0n) is 12.4. The van der Waals surface area contributed by atoms with Crippen molar-refractivity contribution in [2.45, 2.75) is 19.3 Å². The zero-order valence-corrected chi connectivity index (χ0v) is 12.4. The van der Waals surface area contributed by atoms with Crippen molar-refractivity contribution in [3.63, 3.8) is 0 Å². The van der Waals surface area contributed by atoms with Crippen molar-refractivity contribution in [3.05, 3.63) is 59.6 Å². The highest BCUT2D eigenvalue weighted by Gasteiger charge is 2.26. The number of pyridine rings is 1. The summed E-state index contributed by atoms with van der Waals surface area (Å²) in [6.45, 7) is 0. The van der Waals surface area contributed by atoms with E-state index >= 15 is 0 Å². The molecule has 3 nitrogen and oxygen atoms in total. The van der Waals surface area contributed by atoms with Gasteiger partial charge in [-0.25, -0.2) is 4.39 Å². The van der Waals surface area contributed by atoms with Crippen LogP contribution < -0.4 is 0 Å².